The number of nitro groups is 1. The van der Waals surface area contributed by atoms with Gasteiger partial charge in [-0.2, -0.15) is 5.10 Å². The number of amides is 1. The van der Waals surface area contributed by atoms with Gasteiger partial charge in [-0.3, -0.25) is 14.9 Å². The number of halogens is 1. The monoisotopic (exact) mass is 441 g/mol. The summed E-state index contributed by atoms with van der Waals surface area (Å²) >= 11 is 0. The first-order chi connectivity index (χ1) is 15.3. The number of carbonyl (C=O) groups is 1. The number of hydrogen-bond donors (Lipinski definition) is 2. The number of ether oxygens (including phenoxy) is 1. The normalized spacial score (nSPS) is 11.8. The zero-order valence-corrected chi connectivity index (χ0v) is 18.0. The van der Waals surface area contributed by atoms with Gasteiger partial charge in [-0.15, -0.1) is 0 Å². The first-order valence-corrected chi connectivity index (χ1v) is 9.94. The van der Waals surface area contributed by atoms with Crippen LogP contribution < -0.4 is 10.6 Å². The van der Waals surface area contributed by atoms with Crippen LogP contribution in [0.5, 0.6) is 0 Å². The summed E-state index contributed by atoms with van der Waals surface area (Å²) < 4.78 is 19.8. The summed E-state index contributed by atoms with van der Waals surface area (Å²) in [4.78, 5) is 23.7. The zero-order valence-electron chi connectivity index (χ0n) is 18.0. The van der Waals surface area contributed by atoms with E-state index in [-0.39, 0.29) is 17.1 Å². The van der Waals surface area contributed by atoms with Gasteiger partial charge in [0.15, 0.2) is 0 Å². The smallest absolute Gasteiger partial charge is 0.293 e. The first-order valence-electron chi connectivity index (χ1n) is 9.94. The van der Waals surface area contributed by atoms with Gasteiger partial charge in [0, 0.05) is 36.5 Å². The van der Waals surface area contributed by atoms with Crippen molar-refractivity contribution in [1.29, 1.82) is 0 Å². The lowest BCUT2D eigenvalue weighted by molar-refractivity contribution is -0.384. The van der Waals surface area contributed by atoms with Crippen LogP contribution >= 0.6 is 0 Å². The van der Waals surface area contributed by atoms with Gasteiger partial charge in [-0.25, -0.2) is 9.07 Å². The van der Waals surface area contributed by atoms with Gasteiger partial charge in [-0.05, 0) is 50.2 Å². The topological polar surface area (TPSA) is 111 Å². The summed E-state index contributed by atoms with van der Waals surface area (Å²) in [5, 5.41) is 21.6. The van der Waals surface area contributed by atoms with Crippen molar-refractivity contribution in [2.24, 2.45) is 0 Å². The Morgan fingerprint density at radius 1 is 1.28 bits per heavy atom. The minimum atomic E-state index is -0.535. The molecule has 3 aromatic rings. The highest BCUT2D eigenvalue weighted by Gasteiger charge is 2.21. The largest absolute Gasteiger partial charge is 0.383 e. The third-order valence-electron chi connectivity index (χ3n) is 5.01. The van der Waals surface area contributed by atoms with Gasteiger partial charge < -0.3 is 15.4 Å². The van der Waals surface area contributed by atoms with Crippen molar-refractivity contribution in [1.82, 2.24) is 15.1 Å². The maximum absolute atomic E-state index is 13.2. The summed E-state index contributed by atoms with van der Waals surface area (Å²) in [6.07, 6.45) is 1.63. The van der Waals surface area contributed by atoms with Crippen molar-refractivity contribution in [3.63, 3.8) is 0 Å². The number of rotatable bonds is 9. The molecule has 1 heterocycles. The number of hydrogen-bond acceptors (Lipinski definition) is 6. The van der Waals surface area contributed by atoms with Crippen LogP contribution in [0.1, 0.15) is 34.6 Å². The number of methoxy groups -OCH3 is 1. The molecule has 0 aliphatic rings. The fraction of sp³-hybridized carbons (Fsp3) is 0.273. The van der Waals surface area contributed by atoms with Gasteiger partial charge in [0.1, 0.15) is 11.5 Å². The predicted molar refractivity (Wildman–Crippen MR) is 118 cm³/mol. The number of nitrogens with zero attached hydrogens (tertiary/aromatic N) is 3. The molecule has 0 radical (unpaired) electrons. The van der Waals surface area contributed by atoms with Crippen molar-refractivity contribution < 1.29 is 18.8 Å². The van der Waals surface area contributed by atoms with E-state index in [0.717, 1.165) is 11.3 Å². The van der Waals surface area contributed by atoms with Gasteiger partial charge in [0.05, 0.1) is 29.5 Å². The summed E-state index contributed by atoms with van der Waals surface area (Å²) in [5.74, 6) is -0.786. The lowest BCUT2D eigenvalue weighted by atomic mass is 10.1. The molecule has 1 amide bonds. The standard InChI is InChI=1S/C22H24FN5O4/c1-14(19-13-25-27(15(19)2)18-7-5-17(23)6-8-18)26-22(29)16-4-9-20(24-10-11-32-3)21(12-16)28(30)31/h4-9,12-14,24H,10-11H2,1-3H3,(H,26,29). The second kappa shape index (κ2) is 10.0. The molecule has 1 aromatic heterocycles. The van der Waals surface area contributed by atoms with E-state index in [9.17, 15) is 19.3 Å². The van der Waals surface area contributed by atoms with Crippen molar-refractivity contribution in [2.75, 3.05) is 25.6 Å². The van der Waals surface area contributed by atoms with Crippen LogP contribution in [0.3, 0.4) is 0 Å². The van der Waals surface area contributed by atoms with Crippen LogP contribution in [0.2, 0.25) is 0 Å². The molecular weight excluding hydrogens is 417 g/mol. The molecule has 1 unspecified atom stereocenters. The van der Waals surface area contributed by atoms with Gasteiger partial charge >= 0.3 is 0 Å². The van der Waals surface area contributed by atoms with Crippen LogP contribution in [0.25, 0.3) is 5.69 Å². The maximum Gasteiger partial charge on any atom is 0.293 e. The molecule has 0 spiro atoms. The van der Waals surface area contributed by atoms with E-state index in [1.807, 2.05) is 6.92 Å². The SMILES string of the molecule is COCCNc1ccc(C(=O)NC(C)c2cnn(-c3ccc(F)cc3)c2C)cc1[N+](=O)[O-]. The fourth-order valence-electron chi connectivity index (χ4n) is 3.31. The van der Waals surface area contributed by atoms with Crippen molar-refractivity contribution >= 4 is 17.3 Å². The molecule has 10 heteroatoms. The Bertz CT molecular complexity index is 1110. The molecule has 9 nitrogen and oxygen atoms in total. The van der Waals surface area contributed by atoms with E-state index in [2.05, 4.69) is 15.7 Å². The third-order valence-corrected chi connectivity index (χ3v) is 5.01. The molecule has 3 rings (SSSR count). The Morgan fingerprint density at radius 2 is 2.00 bits per heavy atom. The lowest BCUT2D eigenvalue weighted by Crippen LogP contribution is -2.27. The molecule has 0 fully saturated rings. The van der Waals surface area contributed by atoms with Gasteiger partial charge in [0.2, 0.25) is 0 Å². The van der Waals surface area contributed by atoms with Gasteiger partial charge in [-0.1, -0.05) is 0 Å². The summed E-state index contributed by atoms with van der Waals surface area (Å²) in [7, 11) is 1.54. The van der Waals surface area contributed by atoms with Gasteiger partial charge in [0.25, 0.3) is 11.6 Å². The number of nitro benzene ring substituents is 1. The molecule has 2 aromatic carbocycles. The maximum atomic E-state index is 13.2. The summed E-state index contributed by atoms with van der Waals surface area (Å²) in [5.41, 5.74) is 2.54. The quantitative estimate of drug-likeness (QED) is 0.297. The van der Waals surface area contributed by atoms with Crippen LogP contribution in [0.15, 0.2) is 48.7 Å². The molecule has 0 saturated heterocycles. The molecule has 0 aliphatic heterocycles. The molecule has 168 valence electrons. The second-order valence-electron chi connectivity index (χ2n) is 7.18. The van der Waals surface area contributed by atoms with Crippen LogP contribution in [-0.4, -0.2) is 40.9 Å². The Hall–Kier alpha value is -3.79. The van der Waals surface area contributed by atoms with Crippen molar-refractivity contribution in [3.8, 4) is 5.69 Å². The van der Waals surface area contributed by atoms with E-state index in [1.54, 1.807) is 29.9 Å². The fourth-order valence-corrected chi connectivity index (χ4v) is 3.31. The van der Waals surface area contributed by atoms with E-state index >= 15 is 0 Å². The molecule has 32 heavy (non-hydrogen) atoms. The molecule has 1 atom stereocenters. The third kappa shape index (κ3) is 5.09. The van der Waals surface area contributed by atoms with E-state index < -0.39 is 16.9 Å². The average molecular weight is 441 g/mol. The Morgan fingerprint density at radius 3 is 2.66 bits per heavy atom. The van der Waals surface area contributed by atoms with Crippen LogP contribution in [0, 0.1) is 22.9 Å². The number of carbonyl (C=O) groups excluding carboxylic acids is 1. The number of aromatic nitrogens is 2. The Balaban J connectivity index is 1.76. The van der Waals surface area contributed by atoms with E-state index in [4.69, 9.17) is 4.74 Å². The van der Waals surface area contributed by atoms with Crippen molar-refractivity contribution in [2.45, 2.75) is 19.9 Å². The van der Waals surface area contributed by atoms with E-state index in [1.165, 1.54) is 37.4 Å². The highest BCUT2D eigenvalue weighted by atomic mass is 19.1. The molecule has 0 aliphatic carbocycles. The molecular formula is C22H24FN5O4. The molecule has 2 N–H and O–H groups in total. The summed E-state index contributed by atoms with van der Waals surface area (Å²) in [6, 6.07) is 9.79. The van der Waals surface area contributed by atoms with Crippen LogP contribution in [0.4, 0.5) is 15.8 Å². The van der Waals surface area contributed by atoms with Crippen molar-refractivity contribution in [3.05, 3.63) is 81.4 Å². The first kappa shape index (κ1) is 22.9. The lowest BCUT2D eigenvalue weighted by Gasteiger charge is -2.15. The minimum Gasteiger partial charge on any atom is -0.383 e. The van der Waals surface area contributed by atoms with Crippen LogP contribution in [-0.2, 0) is 4.74 Å². The minimum absolute atomic E-state index is 0.171. The molecule has 0 bridgehead atoms. The number of nitrogens with one attached hydrogen (secondary N) is 2. The summed E-state index contributed by atoms with van der Waals surface area (Å²) in [6.45, 7) is 4.44. The Kier molecular flexibility index (Phi) is 7.16. The van der Waals surface area contributed by atoms with E-state index in [0.29, 0.717) is 24.5 Å². The average Bonchev–Trinajstić information content (AvgIpc) is 3.15. The second-order valence-corrected chi connectivity index (χ2v) is 7.18. The predicted octanol–water partition coefficient (Wildman–Crippen LogP) is 3.78. The Labute approximate surface area is 184 Å². The highest BCUT2D eigenvalue weighted by molar-refractivity contribution is 5.96. The number of anilines is 1. The zero-order chi connectivity index (χ0) is 23.3. The number of benzene rings is 2. The highest BCUT2D eigenvalue weighted by Crippen LogP contribution is 2.26. The molecule has 0 saturated carbocycles.